The predicted molar refractivity (Wildman–Crippen MR) is 84.3 cm³/mol. The van der Waals surface area contributed by atoms with Crippen LogP contribution in [0.4, 0.5) is 0 Å². The van der Waals surface area contributed by atoms with Gasteiger partial charge in [0.2, 0.25) is 0 Å². The number of ether oxygens (including phenoxy) is 2. The second-order valence-electron chi connectivity index (χ2n) is 5.50. The molecular weight excluding hydrogens is 250 g/mol. The van der Waals surface area contributed by atoms with E-state index in [9.17, 15) is 0 Å². The lowest BCUT2D eigenvalue weighted by Gasteiger charge is -2.15. The standard InChI is InChI=1S/C17H29NO2/c1-5-19-12-6-11-18-15(4)16-7-9-17(10-8-16)20-13-14(2)3/h7-10,14-15,18H,5-6,11-13H2,1-4H3. The largest absolute Gasteiger partial charge is 0.493 e. The van der Waals surface area contributed by atoms with Crippen molar-refractivity contribution in [3.63, 3.8) is 0 Å². The van der Waals surface area contributed by atoms with Crippen LogP contribution in [0.25, 0.3) is 0 Å². The molecule has 0 bridgehead atoms. The monoisotopic (exact) mass is 279 g/mol. The summed E-state index contributed by atoms with van der Waals surface area (Å²) in [6.45, 7) is 11.9. The van der Waals surface area contributed by atoms with Crippen LogP contribution in [0.1, 0.15) is 45.7 Å². The molecule has 0 amide bonds. The fourth-order valence-corrected chi connectivity index (χ4v) is 1.87. The molecule has 3 heteroatoms. The van der Waals surface area contributed by atoms with Crippen molar-refractivity contribution in [3.05, 3.63) is 29.8 Å². The third-order valence-corrected chi connectivity index (χ3v) is 3.08. The molecule has 1 rings (SSSR count). The molecule has 3 nitrogen and oxygen atoms in total. The predicted octanol–water partition coefficient (Wildman–Crippen LogP) is 3.80. The van der Waals surface area contributed by atoms with Gasteiger partial charge in [-0.05, 0) is 50.4 Å². The van der Waals surface area contributed by atoms with Crippen molar-refractivity contribution in [1.82, 2.24) is 5.32 Å². The lowest BCUT2D eigenvalue weighted by molar-refractivity contribution is 0.144. The van der Waals surface area contributed by atoms with Crippen LogP contribution in [0.2, 0.25) is 0 Å². The van der Waals surface area contributed by atoms with Gasteiger partial charge in [-0.15, -0.1) is 0 Å². The first-order valence-corrected chi connectivity index (χ1v) is 7.67. The Balaban J connectivity index is 2.31. The summed E-state index contributed by atoms with van der Waals surface area (Å²) in [4.78, 5) is 0. The zero-order valence-corrected chi connectivity index (χ0v) is 13.3. The van der Waals surface area contributed by atoms with Crippen molar-refractivity contribution in [1.29, 1.82) is 0 Å². The van der Waals surface area contributed by atoms with Gasteiger partial charge in [0.05, 0.1) is 6.61 Å². The quantitative estimate of drug-likeness (QED) is 0.661. The van der Waals surface area contributed by atoms with E-state index in [1.165, 1.54) is 5.56 Å². The third-order valence-electron chi connectivity index (χ3n) is 3.08. The topological polar surface area (TPSA) is 30.5 Å². The fourth-order valence-electron chi connectivity index (χ4n) is 1.87. The van der Waals surface area contributed by atoms with Gasteiger partial charge in [0, 0.05) is 19.3 Å². The highest BCUT2D eigenvalue weighted by Gasteiger charge is 2.05. The van der Waals surface area contributed by atoms with Crippen LogP contribution in [0.3, 0.4) is 0 Å². The molecule has 1 aromatic carbocycles. The minimum atomic E-state index is 0.357. The Bertz CT molecular complexity index is 349. The van der Waals surface area contributed by atoms with E-state index in [4.69, 9.17) is 9.47 Å². The number of rotatable bonds is 10. The number of hydrogen-bond donors (Lipinski definition) is 1. The molecule has 0 aliphatic heterocycles. The Morgan fingerprint density at radius 1 is 1.10 bits per heavy atom. The van der Waals surface area contributed by atoms with Crippen LogP contribution < -0.4 is 10.1 Å². The Kier molecular flexibility index (Phi) is 8.31. The lowest BCUT2D eigenvalue weighted by Crippen LogP contribution is -2.21. The van der Waals surface area contributed by atoms with E-state index in [1.807, 2.05) is 6.92 Å². The molecule has 0 spiro atoms. The molecule has 0 heterocycles. The smallest absolute Gasteiger partial charge is 0.119 e. The maximum atomic E-state index is 5.69. The van der Waals surface area contributed by atoms with Crippen LogP contribution >= 0.6 is 0 Å². The Labute approximate surface area is 123 Å². The van der Waals surface area contributed by atoms with Gasteiger partial charge in [0.15, 0.2) is 0 Å². The van der Waals surface area contributed by atoms with E-state index in [-0.39, 0.29) is 0 Å². The van der Waals surface area contributed by atoms with E-state index in [1.54, 1.807) is 0 Å². The molecule has 0 aliphatic rings. The van der Waals surface area contributed by atoms with Gasteiger partial charge in [-0.25, -0.2) is 0 Å². The molecule has 1 aromatic rings. The van der Waals surface area contributed by atoms with Crippen LogP contribution in [0.5, 0.6) is 5.75 Å². The molecule has 0 saturated heterocycles. The van der Waals surface area contributed by atoms with Crippen LogP contribution in [-0.2, 0) is 4.74 Å². The molecule has 1 atom stereocenters. The third kappa shape index (κ3) is 6.92. The fraction of sp³-hybridized carbons (Fsp3) is 0.647. The molecule has 0 radical (unpaired) electrons. The summed E-state index contributed by atoms with van der Waals surface area (Å²) in [6.07, 6.45) is 1.05. The van der Waals surface area contributed by atoms with Gasteiger partial charge >= 0.3 is 0 Å². The molecule has 0 saturated carbocycles. The second kappa shape index (κ2) is 9.78. The average molecular weight is 279 g/mol. The molecule has 1 N–H and O–H groups in total. The molecule has 0 fully saturated rings. The van der Waals surface area contributed by atoms with E-state index in [0.29, 0.717) is 12.0 Å². The second-order valence-corrected chi connectivity index (χ2v) is 5.50. The van der Waals surface area contributed by atoms with Crippen LogP contribution in [-0.4, -0.2) is 26.4 Å². The van der Waals surface area contributed by atoms with E-state index < -0.39 is 0 Å². The normalized spacial score (nSPS) is 12.7. The molecule has 0 aliphatic carbocycles. The van der Waals surface area contributed by atoms with Gasteiger partial charge in [-0.1, -0.05) is 26.0 Å². The lowest BCUT2D eigenvalue weighted by atomic mass is 10.1. The van der Waals surface area contributed by atoms with Gasteiger partial charge in [-0.3, -0.25) is 0 Å². The van der Waals surface area contributed by atoms with E-state index in [2.05, 4.69) is 50.4 Å². The van der Waals surface area contributed by atoms with Crippen molar-refractivity contribution >= 4 is 0 Å². The first-order chi connectivity index (χ1) is 9.63. The van der Waals surface area contributed by atoms with Crippen molar-refractivity contribution < 1.29 is 9.47 Å². The summed E-state index contributed by atoms with van der Waals surface area (Å²) in [5, 5.41) is 3.51. The van der Waals surface area contributed by atoms with E-state index in [0.717, 1.165) is 38.5 Å². The zero-order chi connectivity index (χ0) is 14.8. The maximum absolute atomic E-state index is 5.69. The van der Waals surface area contributed by atoms with Gasteiger partial charge in [-0.2, -0.15) is 0 Å². The number of benzene rings is 1. The van der Waals surface area contributed by atoms with Gasteiger partial charge in [0.25, 0.3) is 0 Å². The minimum absolute atomic E-state index is 0.357. The molecule has 0 aromatic heterocycles. The average Bonchev–Trinajstić information content (AvgIpc) is 2.45. The summed E-state index contributed by atoms with van der Waals surface area (Å²) >= 11 is 0. The summed E-state index contributed by atoms with van der Waals surface area (Å²) in [6, 6.07) is 8.73. The summed E-state index contributed by atoms with van der Waals surface area (Å²) in [7, 11) is 0. The molecule has 114 valence electrons. The van der Waals surface area contributed by atoms with Crippen LogP contribution in [0, 0.1) is 5.92 Å². The zero-order valence-electron chi connectivity index (χ0n) is 13.3. The maximum Gasteiger partial charge on any atom is 0.119 e. The van der Waals surface area contributed by atoms with E-state index >= 15 is 0 Å². The summed E-state index contributed by atoms with van der Waals surface area (Å²) < 4.78 is 11.0. The highest BCUT2D eigenvalue weighted by Crippen LogP contribution is 2.18. The SMILES string of the molecule is CCOCCCNC(C)c1ccc(OCC(C)C)cc1. The first kappa shape index (κ1) is 17.0. The van der Waals surface area contributed by atoms with Crippen molar-refractivity contribution in [2.45, 2.75) is 40.2 Å². The molecule has 20 heavy (non-hydrogen) atoms. The highest BCUT2D eigenvalue weighted by molar-refractivity contribution is 5.28. The highest BCUT2D eigenvalue weighted by atomic mass is 16.5. The molecular formula is C17H29NO2. The van der Waals surface area contributed by atoms with Crippen molar-refractivity contribution in [2.24, 2.45) is 5.92 Å². The Morgan fingerprint density at radius 2 is 1.80 bits per heavy atom. The first-order valence-electron chi connectivity index (χ1n) is 7.67. The van der Waals surface area contributed by atoms with Crippen molar-refractivity contribution in [3.8, 4) is 5.75 Å². The summed E-state index contributed by atoms with van der Waals surface area (Å²) in [5.41, 5.74) is 1.29. The van der Waals surface area contributed by atoms with Gasteiger partial charge in [0.1, 0.15) is 5.75 Å². The summed E-state index contributed by atoms with van der Waals surface area (Å²) in [5.74, 6) is 1.51. The molecule has 1 unspecified atom stereocenters. The number of nitrogens with one attached hydrogen (secondary N) is 1. The number of hydrogen-bond acceptors (Lipinski definition) is 3. The Morgan fingerprint density at radius 3 is 2.40 bits per heavy atom. The van der Waals surface area contributed by atoms with Crippen LogP contribution in [0.15, 0.2) is 24.3 Å². The van der Waals surface area contributed by atoms with Crippen molar-refractivity contribution in [2.75, 3.05) is 26.4 Å². The Hall–Kier alpha value is -1.06. The minimum Gasteiger partial charge on any atom is -0.493 e. The van der Waals surface area contributed by atoms with Gasteiger partial charge < -0.3 is 14.8 Å².